The first-order valence-corrected chi connectivity index (χ1v) is 7.96. The van der Waals surface area contributed by atoms with Gasteiger partial charge in [-0.3, -0.25) is 29.4 Å². The van der Waals surface area contributed by atoms with Gasteiger partial charge in [-0.15, -0.1) is 0 Å². The van der Waals surface area contributed by atoms with Crippen molar-refractivity contribution < 1.29 is 19.3 Å². The molecule has 0 fully saturated rings. The number of amides is 3. The second kappa shape index (κ2) is 6.57. The Bertz CT molecular complexity index is 973. The van der Waals surface area contributed by atoms with Crippen molar-refractivity contribution >= 4 is 40.7 Å². The maximum atomic E-state index is 12.4. The fourth-order valence-electron chi connectivity index (χ4n) is 2.63. The van der Waals surface area contributed by atoms with Crippen molar-refractivity contribution in [3.63, 3.8) is 0 Å². The van der Waals surface area contributed by atoms with E-state index >= 15 is 0 Å². The van der Waals surface area contributed by atoms with Gasteiger partial charge < -0.3 is 5.32 Å². The summed E-state index contributed by atoms with van der Waals surface area (Å²) in [6, 6.07) is 7.86. The lowest BCUT2D eigenvalue weighted by Crippen LogP contribution is -2.29. The maximum Gasteiger partial charge on any atom is 0.271 e. The van der Waals surface area contributed by atoms with E-state index in [-0.39, 0.29) is 39.6 Å². The Kier molecular flexibility index (Phi) is 4.43. The van der Waals surface area contributed by atoms with Crippen LogP contribution in [0, 0.1) is 10.1 Å². The second-order valence-electron chi connectivity index (χ2n) is 5.49. The van der Waals surface area contributed by atoms with Crippen LogP contribution in [0.2, 0.25) is 5.02 Å². The molecule has 3 rings (SSSR count). The van der Waals surface area contributed by atoms with Crippen molar-refractivity contribution in [1.29, 1.82) is 0 Å². The lowest BCUT2D eigenvalue weighted by Gasteiger charge is -2.09. The second-order valence-corrected chi connectivity index (χ2v) is 5.90. The van der Waals surface area contributed by atoms with E-state index in [4.69, 9.17) is 11.6 Å². The molecule has 1 heterocycles. The Labute approximate surface area is 152 Å². The van der Waals surface area contributed by atoms with Crippen LogP contribution >= 0.6 is 11.6 Å². The zero-order chi connectivity index (χ0) is 19.0. The molecule has 26 heavy (non-hydrogen) atoms. The number of nitrogens with one attached hydrogen (secondary N) is 1. The number of hydrogen-bond acceptors (Lipinski definition) is 5. The molecule has 1 aliphatic rings. The fourth-order valence-corrected chi connectivity index (χ4v) is 2.85. The molecule has 1 N–H and O–H groups in total. The number of nitro benzene ring substituents is 1. The molecule has 0 radical (unpaired) electrons. The third kappa shape index (κ3) is 2.91. The third-order valence-electron chi connectivity index (χ3n) is 3.96. The topological polar surface area (TPSA) is 110 Å². The first kappa shape index (κ1) is 17.6. The van der Waals surface area contributed by atoms with Gasteiger partial charge in [0.25, 0.3) is 23.4 Å². The molecule has 0 saturated heterocycles. The summed E-state index contributed by atoms with van der Waals surface area (Å²) in [6.07, 6.45) is 0. The predicted molar refractivity (Wildman–Crippen MR) is 93.5 cm³/mol. The van der Waals surface area contributed by atoms with Gasteiger partial charge in [-0.1, -0.05) is 11.6 Å². The molecule has 0 saturated carbocycles. The van der Waals surface area contributed by atoms with E-state index in [1.807, 2.05) is 0 Å². The Balaban J connectivity index is 1.87. The lowest BCUT2D eigenvalue weighted by molar-refractivity contribution is -0.384. The molecule has 1 aliphatic heterocycles. The monoisotopic (exact) mass is 373 g/mol. The summed E-state index contributed by atoms with van der Waals surface area (Å²) in [5, 5.41) is 13.3. The summed E-state index contributed by atoms with van der Waals surface area (Å²) < 4.78 is 0. The van der Waals surface area contributed by atoms with Crippen LogP contribution in [0.1, 0.15) is 38.0 Å². The zero-order valence-corrected chi connectivity index (χ0v) is 14.2. The molecule has 0 bridgehead atoms. The summed E-state index contributed by atoms with van der Waals surface area (Å²) in [5.41, 5.74) is 0.577. The van der Waals surface area contributed by atoms with Crippen molar-refractivity contribution in [1.82, 2.24) is 4.90 Å². The number of nitro groups is 1. The van der Waals surface area contributed by atoms with Gasteiger partial charge in [-0.2, -0.15) is 0 Å². The summed E-state index contributed by atoms with van der Waals surface area (Å²) in [4.78, 5) is 47.9. The van der Waals surface area contributed by atoms with Gasteiger partial charge >= 0.3 is 0 Å². The number of imide groups is 1. The van der Waals surface area contributed by atoms with E-state index in [1.54, 1.807) is 6.92 Å². The van der Waals surface area contributed by atoms with Crippen LogP contribution in [0.3, 0.4) is 0 Å². The number of carbonyl (C=O) groups excluding carboxylic acids is 3. The quantitative estimate of drug-likeness (QED) is 0.503. The third-order valence-corrected chi connectivity index (χ3v) is 4.27. The number of halogens is 1. The van der Waals surface area contributed by atoms with Crippen LogP contribution in [0.4, 0.5) is 11.4 Å². The minimum Gasteiger partial charge on any atom is -0.321 e. The number of non-ortho nitro benzene ring substituents is 1. The largest absolute Gasteiger partial charge is 0.321 e. The average Bonchev–Trinajstić information content (AvgIpc) is 2.86. The van der Waals surface area contributed by atoms with E-state index in [1.165, 1.54) is 30.3 Å². The number of hydrogen-bond donors (Lipinski definition) is 1. The minimum atomic E-state index is -0.597. The van der Waals surface area contributed by atoms with Gasteiger partial charge in [0, 0.05) is 24.2 Å². The van der Waals surface area contributed by atoms with Crippen LogP contribution in [0.15, 0.2) is 36.4 Å². The summed E-state index contributed by atoms with van der Waals surface area (Å²) in [6.45, 7) is 1.93. The molecule has 3 amide bonds. The Morgan fingerprint density at radius 1 is 1.15 bits per heavy atom. The molecule has 0 spiro atoms. The SMILES string of the molecule is CCN1C(=O)c2ccc(C(=O)Nc3ccc([N+](=O)[O-])cc3Cl)cc2C1=O. The standard InChI is InChI=1S/C17H12ClN3O5/c1-2-20-16(23)11-5-3-9(7-12(11)17(20)24)15(22)19-14-6-4-10(21(25)26)8-13(14)18/h3-8H,2H2,1H3,(H,19,22). The number of nitrogens with zero attached hydrogens (tertiary/aromatic N) is 2. The zero-order valence-electron chi connectivity index (χ0n) is 13.5. The Morgan fingerprint density at radius 3 is 2.46 bits per heavy atom. The van der Waals surface area contributed by atoms with E-state index in [2.05, 4.69) is 5.32 Å². The van der Waals surface area contributed by atoms with Crippen molar-refractivity contribution in [3.8, 4) is 0 Å². The molecule has 2 aromatic rings. The molecule has 2 aromatic carbocycles. The van der Waals surface area contributed by atoms with E-state index in [0.717, 1.165) is 11.0 Å². The molecule has 132 valence electrons. The highest BCUT2D eigenvalue weighted by Crippen LogP contribution is 2.28. The van der Waals surface area contributed by atoms with Crippen molar-refractivity contribution in [2.75, 3.05) is 11.9 Å². The number of benzene rings is 2. The number of fused-ring (bicyclic) bond motifs is 1. The highest BCUT2D eigenvalue weighted by atomic mass is 35.5. The normalized spacial score (nSPS) is 12.9. The van der Waals surface area contributed by atoms with Gasteiger partial charge in [-0.05, 0) is 31.2 Å². The Hall–Kier alpha value is -3.26. The molecule has 8 nitrogen and oxygen atoms in total. The van der Waals surface area contributed by atoms with E-state index in [9.17, 15) is 24.5 Å². The van der Waals surface area contributed by atoms with Crippen LogP contribution in [-0.2, 0) is 0 Å². The van der Waals surface area contributed by atoms with Gasteiger partial charge in [0.15, 0.2) is 0 Å². The molecule has 0 atom stereocenters. The highest BCUT2D eigenvalue weighted by Gasteiger charge is 2.34. The fraction of sp³-hybridized carbons (Fsp3) is 0.118. The summed E-state index contributed by atoms with van der Waals surface area (Å²) in [7, 11) is 0. The average molecular weight is 374 g/mol. The van der Waals surface area contributed by atoms with Crippen LogP contribution in [0.25, 0.3) is 0 Å². The molecule has 9 heteroatoms. The van der Waals surface area contributed by atoms with Gasteiger partial charge in [0.2, 0.25) is 0 Å². The highest BCUT2D eigenvalue weighted by molar-refractivity contribution is 6.34. The minimum absolute atomic E-state index is 0.0112. The lowest BCUT2D eigenvalue weighted by atomic mass is 10.1. The summed E-state index contributed by atoms with van der Waals surface area (Å²) >= 11 is 5.95. The van der Waals surface area contributed by atoms with Gasteiger partial charge in [0.1, 0.15) is 0 Å². The molecule has 0 unspecified atom stereocenters. The number of carbonyl (C=O) groups is 3. The first-order valence-electron chi connectivity index (χ1n) is 7.59. The van der Waals surface area contributed by atoms with E-state index in [0.29, 0.717) is 0 Å². The van der Waals surface area contributed by atoms with Gasteiger partial charge in [0.05, 0.1) is 26.8 Å². The predicted octanol–water partition coefficient (Wildman–Crippen LogP) is 3.12. The number of anilines is 1. The molecular weight excluding hydrogens is 362 g/mol. The maximum absolute atomic E-state index is 12.4. The van der Waals surface area contributed by atoms with Gasteiger partial charge in [-0.25, -0.2) is 0 Å². The van der Waals surface area contributed by atoms with E-state index < -0.39 is 22.6 Å². The molecular formula is C17H12ClN3O5. The smallest absolute Gasteiger partial charge is 0.271 e. The molecule has 0 aromatic heterocycles. The van der Waals surface area contributed by atoms with Crippen molar-refractivity contribution in [2.45, 2.75) is 6.92 Å². The molecule has 0 aliphatic carbocycles. The van der Waals surface area contributed by atoms with Crippen molar-refractivity contribution in [2.24, 2.45) is 0 Å². The Morgan fingerprint density at radius 2 is 1.85 bits per heavy atom. The van der Waals surface area contributed by atoms with Crippen LogP contribution in [0.5, 0.6) is 0 Å². The number of rotatable bonds is 4. The van der Waals surface area contributed by atoms with Crippen molar-refractivity contribution in [3.05, 3.63) is 68.2 Å². The van der Waals surface area contributed by atoms with Crippen LogP contribution in [-0.4, -0.2) is 34.1 Å². The first-order chi connectivity index (χ1) is 12.3. The van der Waals surface area contributed by atoms with Crippen LogP contribution < -0.4 is 5.32 Å². The summed E-state index contributed by atoms with van der Waals surface area (Å²) in [5.74, 6) is -1.40.